The number of hydrogen-bond donors (Lipinski definition) is 0. The maximum atomic E-state index is 2.35. The first-order chi connectivity index (χ1) is 3.80. The van der Waals surface area contributed by atoms with E-state index in [4.69, 9.17) is 0 Å². The van der Waals surface area contributed by atoms with Gasteiger partial charge >= 0.3 is 57.7 Å². The Kier molecular flexibility index (Phi) is 2.40. The predicted molar refractivity (Wildman–Crippen MR) is 38.3 cm³/mol. The fraction of sp³-hybridized carbons (Fsp3) is 1.00. The van der Waals surface area contributed by atoms with Crippen LogP contribution in [0.4, 0.5) is 0 Å². The zero-order valence-electron chi connectivity index (χ0n) is 5.68. The van der Waals surface area contributed by atoms with Crippen molar-refractivity contribution in [2.45, 2.75) is 30.9 Å². The molecule has 0 nitrogen and oxygen atoms in total. The van der Waals surface area contributed by atoms with Crippen LogP contribution >= 0.6 is 0 Å². The van der Waals surface area contributed by atoms with Gasteiger partial charge in [0.1, 0.15) is 0 Å². The van der Waals surface area contributed by atoms with E-state index in [1.165, 1.54) is 6.42 Å². The Bertz CT molecular complexity index is 62.8. The van der Waals surface area contributed by atoms with Crippen molar-refractivity contribution >= 4 is 15.0 Å². The molecule has 0 radical (unpaired) electrons. The molecule has 1 aliphatic heterocycles. The van der Waals surface area contributed by atoms with E-state index < -0.39 is 0 Å². The Labute approximate surface area is 58.2 Å². The molecule has 0 aliphatic carbocycles. The molecule has 8 heavy (non-hydrogen) atoms. The summed E-state index contributed by atoms with van der Waals surface area (Å²) in [6, 6.07) is 0. The zero-order chi connectivity index (χ0) is 5.98. The Balaban J connectivity index is 2.24. The summed E-state index contributed by atoms with van der Waals surface area (Å²) in [6.45, 7) is 4.71. The van der Waals surface area contributed by atoms with Gasteiger partial charge in [0.15, 0.2) is 0 Å². The van der Waals surface area contributed by atoms with E-state index in [9.17, 15) is 0 Å². The standard InChI is InChI=1S/C7H14Se/c1-6(2)7-3-4-8-5-7/h6-7H,3-5H2,1-2H3/t7-/m1/s1. The van der Waals surface area contributed by atoms with E-state index in [0.29, 0.717) is 0 Å². The molecule has 1 heteroatoms. The Morgan fingerprint density at radius 3 is 2.50 bits per heavy atom. The molecule has 0 saturated carbocycles. The van der Waals surface area contributed by atoms with Gasteiger partial charge in [0.2, 0.25) is 0 Å². The van der Waals surface area contributed by atoms with Crippen LogP contribution in [0.25, 0.3) is 0 Å². The third-order valence-corrected chi connectivity index (χ3v) is 4.40. The molecular weight excluding hydrogens is 163 g/mol. The summed E-state index contributed by atoms with van der Waals surface area (Å²) in [6.07, 6.45) is 1.53. The first-order valence-electron chi connectivity index (χ1n) is 3.38. The molecule has 1 fully saturated rings. The van der Waals surface area contributed by atoms with Gasteiger partial charge in [-0.1, -0.05) is 0 Å². The van der Waals surface area contributed by atoms with Crippen molar-refractivity contribution in [2.24, 2.45) is 11.8 Å². The third-order valence-electron chi connectivity index (χ3n) is 1.91. The van der Waals surface area contributed by atoms with E-state index in [0.717, 1.165) is 26.8 Å². The molecule has 1 saturated heterocycles. The molecule has 0 aromatic rings. The minimum absolute atomic E-state index is 0.958. The van der Waals surface area contributed by atoms with Crippen LogP contribution in [0.5, 0.6) is 0 Å². The average molecular weight is 177 g/mol. The fourth-order valence-electron chi connectivity index (χ4n) is 1.08. The fourth-order valence-corrected chi connectivity index (χ4v) is 4.21. The molecule has 0 unspecified atom stereocenters. The molecule has 1 atom stereocenters. The van der Waals surface area contributed by atoms with Crippen molar-refractivity contribution in [3.05, 3.63) is 0 Å². The quantitative estimate of drug-likeness (QED) is 0.538. The molecule has 0 N–H and O–H groups in total. The Morgan fingerprint density at radius 2 is 2.25 bits per heavy atom. The van der Waals surface area contributed by atoms with Crippen LogP contribution in [0.2, 0.25) is 10.6 Å². The van der Waals surface area contributed by atoms with E-state index >= 15 is 0 Å². The number of rotatable bonds is 1. The van der Waals surface area contributed by atoms with Crippen molar-refractivity contribution in [1.29, 1.82) is 0 Å². The molecule has 1 heterocycles. The average Bonchev–Trinajstić information content (AvgIpc) is 2.12. The summed E-state index contributed by atoms with van der Waals surface area (Å²) >= 11 is 1.02. The normalized spacial score (nSPS) is 29.6. The summed E-state index contributed by atoms with van der Waals surface area (Å²) in [5.74, 6) is 2.05. The van der Waals surface area contributed by atoms with Crippen molar-refractivity contribution in [3.8, 4) is 0 Å². The zero-order valence-corrected chi connectivity index (χ0v) is 7.40. The predicted octanol–water partition coefficient (Wildman–Crippen LogP) is 2.20. The van der Waals surface area contributed by atoms with Crippen molar-refractivity contribution in [2.75, 3.05) is 0 Å². The van der Waals surface area contributed by atoms with Crippen LogP contribution in [0.15, 0.2) is 0 Å². The topological polar surface area (TPSA) is 0 Å². The van der Waals surface area contributed by atoms with Gasteiger partial charge in [0.25, 0.3) is 0 Å². The second-order valence-corrected chi connectivity index (χ2v) is 5.28. The van der Waals surface area contributed by atoms with Crippen LogP contribution in [-0.2, 0) is 0 Å². The summed E-state index contributed by atoms with van der Waals surface area (Å²) in [7, 11) is 0. The molecule has 0 aromatic carbocycles. The molecule has 1 aliphatic rings. The molecule has 0 amide bonds. The van der Waals surface area contributed by atoms with Gasteiger partial charge in [-0.25, -0.2) is 0 Å². The second-order valence-electron chi connectivity index (χ2n) is 2.87. The van der Waals surface area contributed by atoms with Crippen LogP contribution in [0.1, 0.15) is 20.3 Å². The van der Waals surface area contributed by atoms with Crippen molar-refractivity contribution in [1.82, 2.24) is 0 Å². The first kappa shape index (κ1) is 6.64. The van der Waals surface area contributed by atoms with Crippen LogP contribution in [0.3, 0.4) is 0 Å². The summed E-state index contributed by atoms with van der Waals surface area (Å²) in [5.41, 5.74) is 0. The molecular formula is C7H14Se. The maximum absolute atomic E-state index is 2.35. The van der Waals surface area contributed by atoms with Crippen LogP contribution in [-0.4, -0.2) is 15.0 Å². The van der Waals surface area contributed by atoms with Crippen molar-refractivity contribution in [3.63, 3.8) is 0 Å². The van der Waals surface area contributed by atoms with Crippen LogP contribution < -0.4 is 0 Å². The monoisotopic (exact) mass is 178 g/mol. The van der Waals surface area contributed by atoms with Gasteiger partial charge < -0.3 is 0 Å². The van der Waals surface area contributed by atoms with E-state index in [2.05, 4.69) is 13.8 Å². The minimum atomic E-state index is 0.958. The molecule has 0 aromatic heterocycles. The van der Waals surface area contributed by atoms with Gasteiger partial charge in [-0.15, -0.1) is 0 Å². The van der Waals surface area contributed by atoms with Crippen LogP contribution in [0, 0.1) is 11.8 Å². The van der Waals surface area contributed by atoms with Gasteiger partial charge in [-0.05, 0) is 0 Å². The molecule has 0 spiro atoms. The van der Waals surface area contributed by atoms with Crippen molar-refractivity contribution < 1.29 is 0 Å². The van der Waals surface area contributed by atoms with Gasteiger partial charge in [-0.2, -0.15) is 0 Å². The molecule has 0 bridgehead atoms. The van der Waals surface area contributed by atoms with E-state index in [-0.39, 0.29) is 0 Å². The van der Waals surface area contributed by atoms with E-state index in [1.807, 2.05) is 0 Å². The Hall–Kier alpha value is 0.519. The van der Waals surface area contributed by atoms with E-state index in [1.54, 1.807) is 10.6 Å². The summed E-state index contributed by atoms with van der Waals surface area (Å²) in [4.78, 5) is 0. The first-order valence-corrected chi connectivity index (χ1v) is 5.80. The Morgan fingerprint density at radius 1 is 1.50 bits per heavy atom. The summed E-state index contributed by atoms with van der Waals surface area (Å²) < 4.78 is 0. The number of hydrogen-bond acceptors (Lipinski definition) is 0. The SMILES string of the molecule is CC(C)[C@@H]1CC[Se]C1. The molecule has 1 rings (SSSR count). The van der Waals surface area contributed by atoms with Gasteiger partial charge in [0, 0.05) is 0 Å². The third kappa shape index (κ3) is 1.50. The second kappa shape index (κ2) is 2.89. The summed E-state index contributed by atoms with van der Waals surface area (Å²) in [5, 5.41) is 3.11. The van der Waals surface area contributed by atoms with Gasteiger partial charge in [-0.3, -0.25) is 0 Å². The molecule has 48 valence electrons. The van der Waals surface area contributed by atoms with Gasteiger partial charge in [0.05, 0.1) is 0 Å².